The molecule has 0 atom stereocenters. The lowest BCUT2D eigenvalue weighted by atomic mass is 10.4. The molecule has 17 heavy (non-hydrogen) atoms. The molecule has 0 spiro atoms. The Morgan fingerprint density at radius 1 is 1.00 bits per heavy atom. The highest BCUT2D eigenvalue weighted by Gasteiger charge is 2.17. The molecule has 0 aliphatic heterocycles. The molecule has 0 saturated carbocycles. The van der Waals surface area contributed by atoms with Crippen molar-refractivity contribution in [2.45, 2.75) is 26.7 Å². The Labute approximate surface area is 99.7 Å². The summed E-state index contributed by atoms with van der Waals surface area (Å²) in [7, 11) is 0. The van der Waals surface area contributed by atoms with Gasteiger partial charge in [0.25, 0.3) is 0 Å². The Morgan fingerprint density at radius 2 is 1.41 bits per heavy atom. The van der Waals surface area contributed by atoms with Crippen molar-refractivity contribution in [3.05, 3.63) is 23.7 Å². The number of esters is 2. The third kappa shape index (κ3) is 3.94. The summed E-state index contributed by atoms with van der Waals surface area (Å²) in [4.78, 5) is 22.8. The Bertz CT molecular complexity index is 346. The van der Waals surface area contributed by atoms with E-state index in [1.54, 1.807) is 0 Å². The lowest BCUT2D eigenvalue weighted by molar-refractivity contribution is 0.0434. The molecule has 0 N–H and O–H groups in total. The van der Waals surface area contributed by atoms with E-state index in [-0.39, 0.29) is 11.5 Å². The van der Waals surface area contributed by atoms with Crippen molar-refractivity contribution in [3.8, 4) is 0 Å². The second-order valence-electron chi connectivity index (χ2n) is 3.44. The lowest BCUT2D eigenvalue weighted by Gasteiger charge is -2.00. The van der Waals surface area contributed by atoms with Crippen molar-refractivity contribution < 1.29 is 23.5 Å². The van der Waals surface area contributed by atoms with Gasteiger partial charge in [-0.1, -0.05) is 13.8 Å². The first-order valence-corrected chi connectivity index (χ1v) is 5.63. The molecule has 0 bridgehead atoms. The Kier molecular flexibility index (Phi) is 5.26. The molecule has 0 aromatic carbocycles. The van der Waals surface area contributed by atoms with E-state index < -0.39 is 11.9 Å². The molecule has 0 fully saturated rings. The standard InChI is InChI=1S/C12H16O5/c1-3-7-15-11(13)9-5-6-10(17-9)12(14)16-8-4-2/h5-6H,3-4,7-8H2,1-2H3. The quantitative estimate of drug-likeness (QED) is 0.714. The SMILES string of the molecule is CCCOC(=O)c1ccc(C(=O)OCCC)o1. The summed E-state index contributed by atoms with van der Waals surface area (Å²) in [6.07, 6.45) is 1.47. The van der Waals surface area contributed by atoms with Gasteiger partial charge >= 0.3 is 11.9 Å². The van der Waals surface area contributed by atoms with Gasteiger partial charge in [0.1, 0.15) is 0 Å². The molecule has 0 saturated heterocycles. The second kappa shape index (κ2) is 6.73. The largest absolute Gasteiger partial charge is 0.460 e. The van der Waals surface area contributed by atoms with Crippen LogP contribution in [0.5, 0.6) is 0 Å². The first-order valence-electron chi connectivity index (χ1n) is 5.63. The van der Waals surface area contributed by atoms with Gasteiger partial charge < -0.3 is 13.9 Å². The smallest absolute Gasteiger partial charge is 0.374 e. The fraction of sp³-hybridized carbons (Fsp3) is 0.500. The molecule has 1 aromatic rings. The number of rotatable bonds is 6. The minimum absolute atomic E-state index is 0.0156. The predicted octanol–water partition coefficient (Wildman–Crippen LogP) is 2.41. The highest BCUT2D eigenvalue weighted by atomic mass is 16.6. The average molecular weight is 240 g/mol. The zero-order valence-electron chi connectivity index (χ0n) is 10.0. The molecule has 5 heteroatoms. The monoisotopic (exact) mass is 240 g/mol. The molecule has 1 aromatic heterocycles. The van der Waals surface area contributed by atoms with Crippen molar-refractivity contribution in [1.29, 1.82) is 0 Å². The third-order valence-electron chi connectivity index (χ3n) is 1.88. The van der Waals surface area contributed by atoms with Crippen LogP contribution < -0.4 is 0 Å². The highest BCUT2D eigenvalue weighted by molar-refractivity contribution is 5.90. The summed E-state index contributed by atoms with van der Waals surface area (Å²) in [5.74, 6) is -1.11. The third-order valence-corrected chi connectivity index (χ3v) is 1.88. The van der Waals surface area contributed by atoms with Gasteiger partial charge in [-0.3, -0.25) is 0 Å². The van der Waals surface area contributed by atoms with Crippen LogP contribution in [0.25, 0.3) is 0 Å². The Hall–Kier alpha value is -1.78. The Morgan fingerprint density at radius 3 is 1.76 bits per heavy atom. The van der Waals surface area contributed by atoms with Crippen LogP contribution >= 0.6 is 0 Å². The van der Waals surface area contributed by atoms with Crippen LogP contribution in [-0.4, -0.2) is 25.2 Å². The first-order chi connectivity index (χ1) is 8.19. The number of ether oxygens (including phenoxy) is 2. The summed E-state index contributed by atoms with van der Waals surface area (Å²) in [6.45, 7) is 4.44. The number of furan rings is 1. The second-order valence-corrected chi connectivity index (χ2v) is 3.44. The molecule has 94 valence electrons. The molecule has 0 unspecified atom stereocenters. The van der Waals surface area contributed by atoms with Gasteiger partial charge in [-0.05, 0) is 25.0 Å². The zero-order valence-corrected chi connectivity index (χ0v) is 10.0. The van der Waals surface area contributed by atoms with E-state index in [4.69, 9.17) is 13.9 Å². The number of hydrogen-bond acceptors (Lipinski definition) is 5. The molecular formula is C12H16O5. The van der Waals surface area contributed by atoms with Crippen molar-refractivity contribution in [2.75, 3.05) is 13.2 Å². The number of carbonyl (C=O) groups is 2. The van der Waals surface area contributed by atoms with Crippen LogP contribution in [0, 0.1) is 0 Å². The van der Waals surface area contributed by atoms with Crippen molar-refractivity contribution in [1.82, 2.24) is 0 Å². The van der Waals surface area contributed by atoms with E-state index in [2.05, 4.69) is 0 Å². The van der Waals surface area contributed by atoms with Gasteiger partial charge in [-0.2, -0.15) is 0 Å². The normalized spacial score (nSPS) is 10.0. The maximum absolute atomic E-state index is 11.4. The fourth-order valence-electron chi connectivity index (χ4n) is 1.09. The van der Waals surface area contributed by atoms with Crippen LogP contribution in [0.2, 0.25) is 0 Å². The maximum atomic E-state index is 11.4. The molecule has 5 nitrogen and oxygen atoms in total. The summed E-state index contributed by atoms with van der Waals surface area (Å²) in [5.41, 5.74) is 0. The summed E-state index contributed by atoms with van der Waals surface area (Å²) < 4.78 is 14.8. The van der Waals surface area contributed by atoms with Gasteiger partial charge in [-0.15, -0.1) is 0 Å². The zero-order chi connectivity index (χ0) is 12.7. The topological polar surface area (TPSA) is 65.7 Å². The van der Waals surface area contributed by atoms with E-state index in [1.807, 2.05) is 13.8 Å². The summed E-state index contributed by atoms with van der Waals surface area (Å²) >= 11 is 0. The van der Waals surface area contributed by atoms with Gasteiger partial charge in [0.05, 0.1) is 13.2 Å². The number of carbonyl (C=O) groups excluding carboxylic acids is 2. The van der Waals surface area contributed by atoms with Gasteiger partial charge in [-0.25, -0.2) is 9.59 Å². The van der Waals surface area contributed by atoms with E-state index >= 15 is 0 Å². The molecule has 0 amide bonds. The van der Waals surface area contributed by atoms with Crippen LogP contribution in [0.3, 0.4) is 0 Å². The van der Waals surface area contributed by atoms with Crippen LogP contribution in [-0.2, 0) is 9.47 Å². The molecule has 1 rings (SSSR count). The van der Waals surface area contributed by atoms with E-state index in [0.717, 1.165) is 12.8 Å². The fourth-order valence-corrected chi connectivity index (χ4v) is 1.09. The van der Waals surface area contributed by atoms with E-state index in [9.17, 15) is 9.59 Å². The van der Waals surface area contributed by atoms with Crippen molar-refractivity contribution in [3.63, 3.8) is 0 Å². The van der Waals surface area contributed by atoms with Gasteiger partial charge in [0.15, 0.2) is 0 Å². The minimum atomic E-state index is -0.568. The van der Waals surface area contributed by atoms with Crippen LogP contribution in [0.15, 0.2) is 16.5 Å². The average Bonchev–Trinajstić information content (AvgIpc) is 2.82. The molecule has 0 radical (unpaired) electrons. The number of hydrogen-bond donors (Lipinski definition) is 0. The molecule has 0 aliphatic carbocycles. The predicted molar refractivity (Wildman–Crippen MR) is 59.9 cm³/mol. The Balaban J connectivity index is 2.58. The van der Waals surface area contributed by atoms with Crippen molar-refractivity contribution in [2.24, 2.45) is 0 Å². The van der Waals surface area contributed by atoms with Crippen molar-refractivity contribution >= 4 is 11.9 Å². The first kappa shape index (κ1) is 13.3. The molecule has 1 heterocycles. The lowest BCUT2D eigenvalue weighted by Crippen LogP contribution is -2.06. The van der Waals surface area contributed by atoms with E-state index in [1.165, 1.54) is 12.1 Å². The van der Waals surface area contributed by atoms with Crippen LogP contribution in [0.4, 0.5) is 0 Å². The highest BCUT2D eigenvalue weighted by Crippen LogP contribution is 2.11. The van der Waals surface area contributed by atoms with Gasteiger partial charge in [0.2, 0.25) is 11.5 Å². The van der Waals surface area contributed by atoms with E-state index in [0.29, 0.717) is 13.2 Å². The minimum Gasteiger partial charge on any atom is -0.460 e. The summed E-state index contributed by atoms with van der Waals surface area (Å²) in [6, 6.07) is 2.81. The summed E-state index contributed by atoms with van der Waals surface area (Å²) in [5, 5.41) is 0. The molecule has 0 aliphatic rings. The molecular weight excluding hydrogens is 224 g/mol. The van der Waals surface area contributed by atoms with Crippen LogP contribution in [0.1, 0.15) is 47.8 Å². The maximum Gasteiger partial charge on any atom is 0.374 e. The van der Waals surface area contributed by atoms with Gasteiger partial charge in [0, 0.05) is 0 Å².